The molecule has 0 N–H and O–H groups in total. The number of sulfonamides is 1. The van der Waals surface area contributed by atoms with Crippen LogP contribution in [0.5, 0.6) is 5.75 Å². The summed E-state index contributed by atoms with van der Waals surface area (Å²) in [6.45, 7) is 1.16. The average Bonchev–Trinajstić information content (AvgIpc) is 3.07. The summed E-state index contributed by atoms with van der Waals surface area (Å²) < 4.78 is 34.8. The number of hydrogen-bond acceptors (Lipinski definition) is 6. The average molecular weight is 462 g/mol. The van der Waals surface area contributed by atoms with Crippen molar-refractivity contribution in [3.8, 4) is 5.75 Å². The van der Waals surface area contributed by atoms with Gasteiger partial charge in [-0.15, -0.1) is 0 Å². The third-order valence-electron chi connectivity index (χ3n) is 5.51. The number of nitrogens with zero attached hydrogens (tertiary/aromatic N) is 3. The molecule has 1 aliphatic heterocycles. The zero-order valence-electron chi connectivity index (χ0n) is 17.3. The van der Waals surface area contributed by atoms with Crippen molar-refractivity contribution in [2.75, 3.05) is 33.3 Å². The van der Waals surface area contributed by atoms with Gasteiger partial charge in [0.25, 0.3) is 0 Å². The standard InChI is InChI=1S/C21H23N3O5S2/c1-22-18-8-7-17(14-19(18)30-21(22)26)31(27,28)24-11-9-23(10-12-24)20(25)13-15-3-5-16(29-2)6-4-15/h3-8,14H,9-13H2,1-2H3. The van der Waals surface area contributed by atoms with E-state index in [-0.39, 0.29) is 35.2 Å². The van der Waals surface area contributed by atoms with Gasteiger partial charge in [0.05, 0.1) is 28.6 Å². The number of carbonyl (C=O) groups excluding carboxylic acids is 1. The van der Waals surface area contributed by atoms with E-state index in [2.05, 4.69) is 0 Å². The van der Waals surface area contributed by atoms with Gasteiger partial charge in [-0.25, -0.2) is 8.42 Å². The molecule has 0 bridgehead atoms. The fourth-order valence-corrected chi connectivity index (χ4v) is 6.07. The van der Waals surface area contributed by atoms with Crippen LogP contribution >= 0.6 is 11.3 Å². The van der Waals surface area contributed by atoms with Gasteiger partial charge in [0, 0.05) is 33.2 Å². The first kappa shape index (κ1) is 21.5. The number of fused-ring (bicyclic) bond motifs is 1. The minimum Gasteiger partial charge on any atom is -0.497 e. The summed E-state index contributed by atoms with van der Waals surface area (Å²) in [6, 6.07) is 12.1. The molecule has 31 heavy (non-hydrogen) atoms. The van der Waals surface area contributed by atoms with E-state index in [4.69, 9.17) is 4.74 Å². The van der Waals surface area contributed by atoms with Crippen molar-refractivity contribution in [1.29, 1.82) is 0 Å². The Labute approximate surface area is 184 Å². The number of thiazole rings is 1. The Bertz CT molecular complexity index is 1270. The van der Waals surface area contributed by atoms with Crippen LogP contribution in [-0.2, 0) is 28.3 Å². The molecule has 0 saturated carbocycles. The Balaban J connectivity index is 1.42. The van der Waals surface area contributed by atoms with Gasteiger partial charge in [0.2, 0.25) is 15.9 Å². The molecule has 1 saturated heterocycles. The largest absolute Gasteiger partial charge is 0.497 e. The highest BCUT2D eigenvalue weighted by molar-refractivity contribution is 7.89. The van der Waals surface area contributed by atoms with E-state index in [1.54, 1.807) is 31.2 Å². The number of rotatable bonds is 5. The van der Waals surface area contributed by atoms with E-state index >= 15 is 0 Å². The van der Waals surface area contributed by atoms with Crippen LogP contribution < -0.4 is 9.61 Å². The summed E-state index contributed by atoms with van der Waals surface area (Å²) in [5, 5.41) is 0. The first-order valence-corrected chi connectivity index (χ1v) is 12.1. The number of aromatic nitrogens is 1. The monoisotopic (exact) mass is 461 g/mol. The summed E-state index contributed by atoms with van der Waals surface area (Å²) in [4.78, 5) is 26.2. The first-order valence-electron chi connectivity index (χ1n) is 9.80. The van der Waals surface area contributed by atoms with Crippen molar-refractivity contribution in [2.24, 2.45) is 7.05 Å². The van der Waals surface area contributed by atoms with Crippen LogP contribution in [0, 0.1) is 0 Å². The molecule has 2 heterocycles. The summed E-state index contributed by atoms with van der Waals surface area (Å²) in [5.41, 5.74) is 1.60. The second-order valence-corrected chi connectivity index (χ2v) is 10.3. The fourth-order valence-electron chi connectivity index (χ4n) is 3.63. The molecule has 3 aromatic rings. The van der Waals surface area contributed by atoms with E-state index in [0.29, 0.717) is 23.3 Å². The van der Waals surface area contributed by atoms with Gasteiger partial charge in [-0.3, -0.25) is 9.59 Å². The molecule has 2 aromatic carbocycles. The molecular formula is C21H23N3O5S2. The molecule has 1 amide bonds. The van der Waals surface area contributed by atoms with Gasteiger partial charge in [-0.05, 0) is 35.9 Å². The van der Waals surface area contributed by atoms with Crippen LogP contribution in [0.4, 0.5) is 0 Å². The van der Waals surface area contributed by atoms with Gasteiger partial charge in [0.1, 0.15) is 5.75 Å². The van der Waals surface area contributed by atoms with Crippen LogP contribution in [0.3, 0.4) is 0 Å². The van der Waals surface area contributed by atoms with E-state index in [0.717, 1.165) is 22.6 Å². The third kappa shape index (κ3) is 4.23. The van der Waals surface area contributed by atoms with Crippen LogP contribution in [-0.4, -0.2) is 61.4 Å². The fraction of sp³-hybridized carbons (Fsp3) is 0.333. The third-order valence-corrected chi connectivity index (χ3v) is 8.40. The van der Waals surface area contributed by atoms with Crippen LogP contribution in [0.15, 0.2) is 52.2 Å². The zero-order valence-corrected chi connectivity index (χ0v) is 18.9. The topological polar surface area (TPSA) is 88.9 Å². The lowest BCUT2D eigenvalue weighted by atomic mass is 10.1. The Morgan fingerprint density at radius 2 is 1.74 bits per heavy atom. The molecule has 164 valence electrons. The normalized spacial score (nSPS) is 15.4. The van der Waals surface area contributed by atoms with E-state index < -0.39 is 10.0 Å². The molecule has 1 fully saturated rings. The van der Waals surface area contributed by atoms with Crippen LogP contribution in [0.1, 0.15) is 5.56 Å². The number of benzene rings is 2. The molecule has 8 nitrogen and oxygen atoms in total. The van der Waals surface area contributed by atoms with Crippen molar-refractivity contribution >= 4 is 37.5 Å². The predicted octanol–water partition coefficient (Wildman–Crippen LogP) is 1.68. The second-order valence-electron chi connectivity index (χ2n) is 7.37. The molecule has 0 radical (unpaired) electrons. The predicted molar refractivity (Wildman–Crippen MR) is 119 cm³/mol. The van der Waals surface area contributed by atoms with Gasteiger partial charge in [-0.1, -0.05) is 23.5 Å². The Hall–Kier alpha value is -2.69. The summed E-state index contributed by atoms with van der Waals surface area (Å²) in [7, 11) is -0.441. The molecule has 0 spiro atoms. The lowest BCUT2D eigenvalue weighted by Crippen LogP contribution is -2.50. The maximum absolute atomic E-state index is 13.1. The number of ether oxygens (including phenoxy) is 1. The SMILES string of the molecule is COc1ccc(CC(=O)N2CCN(S(=O)(=O)c3ccc4c(c3)sc(=O)n4C)CC2)cc1. The molecule has 1 aromatic heterocycles. The van der Waals surface area contributed by atoms with Gasteiger partial charge < -0.3 is 14.2 Å². The maximum atomic E-state index is 13.1. The number of amides is 1. The molecule has 10 heteroatoms. The highest BCUT2D eigenvalue weighted by atomic mass is 32.2. The minimum atomic E-state index is -3.70. The van der Waals surface area contributed by atoms with Gasteiger partial charge in [0.15, 0.2) is 0 Å². The number of carbonyl (C=O) groups is 1. The summed E-state index contributed by atoms with van der Waals surface area (Å²) >= 11 is 1.03. The number of methoxy groups -OCH3 is 1. The number of aryl methyl sites for hydroxylation is 1. The van der Waals surface area contributed by atoms with Crippen molar-refractivity contribution in [2.45, 2.75) is 11.3 Å². The van der Waals surface area contributed by atoms with Crippen molar-refractivity contribution in [3.63, 3.8) is 0 Å². The zero-order chi connectivity index (χ0) is 22.2. The van der Waals surface area contributed by atoms with Gasteiger partial charge >= 0.3 is 4.87 Å². The van der Waals surface area contributed by atoms with E-state index in [9.17, 15) is 18.0 Å². The maximum Gasteiger partial charge on any atom is 0.307 e. The molecule has 0 aliphatic carbocycles. The van der Waals surface area contributed by atoms with Crippen LogP contribution in [0.2, 0.25) is 0 Å². The quantitative estimate of drug-likeness (QED) is 0.577. The van der Waals surface area contributed by atoms with Crippen molar-refractivity contribution in [1.82, 2.24) is 13.8 Å². The van der Waals surface area contributed by atoms with E-state index in [1.165, 1.54) is 14.9 Å². The highest BCUT2D eigenvalue weighted by Crippen LogP contribution is 2.24. The number of hydrogen-bond donors (Lipinski definition) is 0. The Morgan fingerprint density at radius 1 is 1.06 bits per heavy atom. The highest BCUT2D eigenvalue weighted by Gasteiger charge is 2.30. The smallest absolute Gasteiger partial charge is 0.307 e. The molecular weight excluding hydrogens is 438 g/mol. The minimum absolute atomic E-state index is 0.0299. The van der Waals surface area contributed by atoms with Crippen molar-refractivity contribution in [3.05, 3.63) is 57.7 Å². The Morgan fingerprint density at radius 3 is 2.39 bits per heavy atom. The molecule has 1 aliphatic rings. The Kier molecular flexibility index (Phi) is 5.87. The molecule has 4 rings (SSSR count). The molecule has 0 atom stereocenters. The van der Waals surface area contributed by atoms with Crippen LogP contribution in [0.25, 0.3) is 10.2 Å². The van der Waals surface area contributed by atoms with Gasteiger partial charge in [-0.2, -0.15) is 4.31 Å². The first-order chi connectivity index (χ1) is 14.8. The lowest BCUT2D eigenvalue weighted by molar-refractivity contribution is -0.131. The molecule has 0 unspecified atom stereocenters. The van der Waals surface area contributed by atoms with E-state index in [1.807, 2.05) is 24.3 Å². The summed E-state index contributed by atoms with van der Waals surface area (Å²) in [6.07, 6.45) is 0.264. The lowest BCUT2D eigenvalue weighted by Gasteiger charge is -2.34. The summed E-state index contributed by atoms with van der Waals surface area (Å²) in [5.74, 6) is 0.702. The van der Waals surface area contributed by atoms with Crippen molar-refractivity contribution < 1.29 is 17.9 Å². The number of piperazine rings is 1. The second kappa shape index (κ2) is 8.45.